The lowest BCUT2D eigenvalue weighted by Crippen LogP contribution is -2.13. The molecule has 0 aliphatic heterocycles. The summed E-state index contributed by atoms with van der Waals surface area (Å²) in [6, 6.07) is 0. The van der Waals surface area contributed by atoms with Gasteiger partial charge in [-0.2, -0.15) is 0 Å². The summed E-state index contributed by atoms with van der Waals surface area (Å²) in [5.41, 5.74) is 0. The van der Waals surface area contributed by atoms with Crippen LogP contribution in [-0.4, -0.2) is 5.78 Å². The summed E-state index contributed by atoms with van der Waals surface area (Å²) in [6.45, 7) is 1.73. The number of hydrogen-bond acceptors (Lipinski definition) is 1. The molecule has 0 aromatic carbocycles. The monoisotopic (exact) mass is 152 g/mol. The topological polar surface area (TPSA) is 17.1 Å². The number of carbonyl (C=O) groups excluding carboxylic acids is 1. The van der Waals surface area contributed by atoms with Gasteiger partial charge in [-0.05, 0) is 43.9 Å². The average molecular weight is 152 g/mol. The second-order valence-electron chi connectivity index (χ2n) is 4.34. The van der Waals surface area contributed by atoms with Crippen molar-refractivity contribution >= 4 is 5.78 Å². The van der Waals surface area contributed by atoms with E-state index in [0.29, 0.717) is 5.78 Å². The lowest BCUT2D eigenvalue weighted by atomic mass is 9.85. The molecular formula is C10H16O. The van der Waals surface area contributed by atoms with Crippen LogP contribution in [0.2, 0.25) is 0 Å². The van der Waals surface area contributed by atoms with E-state index in [0.717, 1.165) is 24.2 Å². The fourth-order valence-electron chi connectivity index (χ4n) is 3.00. The van der Waals surface area contributed by atoms with Gasteiger partial charge in [-0.25, -0.2) is 0 Å². The maximum Gasteiger partial charge on any atom is 0.130 e. The molecule has 1 nitrogen and oxygen atoms in total. The van der Waals surface area contributed by atoms with Crippen molar-refractivity contribution in [1.82, 2.24) is 0 Å². The molecule has 2 fully saturated rings. The van der Waals surface area contributed by atoms with Crippen molar-refractivity contribution < 1.29 is 4.79 Å². The molecule has 1 heteroatoms. The van der Waals surface area contributed by atoms with Crippen LogP contribution < -0.4 is 0 Å². The van der Waals surface area contributed by atoms with Gasteiger partial charge in [0.1, 0.15) is 5.78 Å². The van der Waals surface area contributed by atoms with E-state index in [1.807, 2.05) is 0 Å². The van der Waals surface area contributed by atoms with Gasteiger partial charge < -0.3 is 4.79 Å². The van der Waals surface area contributed by atoms with Gasteiger partial charge in [-0.3, -0.25) is 0 Å². The van der Waals surface area contributed by atoms with Gasteiger partial charge in [0.05, 0.1) is 0 Å². The first-order chi connectivity index (χ1) is 5.25. The van der Waals surface area contributed by atoms with Crippen LogP contribution in [0.15, 0.2) is 0 Å². The lowest BCUT2D eigenvalue weighted by molar-refractivity contribution is -0.118. The molecule has 0 N–H and O–H groups in total. The first kappa shape index (κ1) is 7.33. The average Bonchev–Trinajstić information content (AvgIpc) is 2.45. The maximum absolute atomic E-state index is 10.9. The zero-order valence-corrected chi connectivity index (χ0v) is 7.18. The third-order valence-corrected chi connectivity index (χ3v) is 3.43. The summed E-state index contributed by atoms with van der Waals surface area (Å²) in [7, 11) is 0. The van der Waals surface area contributed by atoms with Gasteiger partial charge in [0.25, 0.3) is 0 Å². The fraction of sp³-hybridized carbons (Fsp3) is 0.900. The zero-order valence-electron chi connectivity index (χ0n) is 7.18. The predicted octanol–water partition coefficient (Wildman–Crippen LogP) is 2.40. The highest BCUT2D eigenvalue weighted by atomic mass is 16.1. The van der Waals surface area contributed by atoms with Gasteiger partial charge in [0.15, 0.2) is 0 Å². The smallest absolute Gasteiger partial charge is 0.130 e. The Kier molecular flexibility index (Phi) is 1.74. The summed E-state index contributed by atoms with van der Waals surface area (Å²) < 4.78 is 0. The Morgan fingerprint density at radius 3 is 2.64 bits per heavy atom. The minimum Gasteiger partial charge on any atom is -0.300 e. The first-order valence-electron chi connectivity index (χ1n) is 4.75. The van der Waals surface area contributed by atoms with E-state index in [9.17, 15) is 4.79 Å². The molecule has 0 aromatic heterocycles. The molecule has 0 radical (unpaired) electrons. The third-order valence-electron chi connectivity index (χ3n) is 3.43. The van der Waals surface area contributed by atoms with Gasteiger partial charge in [0.2, 0.25) is 0 Å². The van der Waals surface area contributed by atoms with Crippen LogP contribution in [0.25, 0.3) is 0 Å². The second-order valence-corrected chi connectivity index (χ2v) is 4.34. The number of rotatable bonds is 2. The molecule has 0 heterocycles. The summed E-state index contributed by atoms with van der Waals surface area (Å²) in [5.74, 6) is 3.07. The first-order valence-corrected chi connectivity index (χ1v) is 4.75. The van der Waals surface area contributed by atoms with Crippen LogP contribution in [0.4, 0.5) is 0 Å². The quantitative estimate of drug-likeness (QED) is 0.593. The van der Waals surface area contributed by atoms with E-state index >= 15 is 0 Å². The van der Waals surface area contributed by atoms with E-state index in [-0.39, 0.29) is 0 Å². The highest BCUT2D eigenvalue weighted by Gasteiger charge is 2.39. The second kappa shape index (κ2) is 2.62. The van der Waals surface area contributed by atoms with Crippen LogP contribution in [0, 0.1) is 17.8 Å². The van der Waals surface area contributed by atoms with E-state index in [4.69, 9.17) is 0 Å². The van der Waals surface area contributed by atoms with Crippen LogP contribution in [0.3, 0.4) is 0 Å². The molecule has 0 spiro atoms. The normalized spacial score (nSPS) is 41.4. The Bertz CT molecular complexity index is 174. The molecule has 0 saturated heterocycles. The van der Waals surface area contributed by atoms with Gasteiger partial charge in [-0.1, -0.05) is 6.42 Å². The Balaban J connectivity index is 1.92. The summed E-state index contributed by atoms with van der Waals surface area (Å²) >= 11 is 0. The van der Waals surface area contributed by atoms with E-state index in [1.165, 1.54) is 25.7 Å². The standard InChI is InChI=1S/C10H16O/c1-7(11)4-10-6-8-2-3-9(10)5-8/h8-10H,2-6H2,1H3/t8-,9+,10-/m0/s1. The van der Waals surface area contributed by atoms with Crippen molar-refractivity contribution in [3.8, 4) is 0 Å². The fourth-order valence-corrected chi connectivity index (χ4v) is 3.00. The Morgan fingerprint density at radius 1 is 1.36 bits per heavy atom. The van der Waals surface area contributed by atoms with E-state index in [1.54, 1.807) is 6.92 Å². The molecule has 0 aromatic rings. The molecule has 2 aliphatic carbocycles. The molecule has 11 heavy (non-hydrogen) atoms. The van der Waals surface area contributed by atoms with Crippen molar-refractivity contribution in [3.63, 3.8) is 0 Å². The van der Waals surface area contributed by atoms with E-state index < -0.39 is 0 Å². The number of hydrogen-bond donors (Lipinski definition) is 0. The predicted molar refractivity (Wildman–Crippen MR) is 44.2 cm³/mol. The molecule has 2 saturated carbocycles. The lowest BCUT2D eigenvalue weighted by Gasteiger charge is -2.19. The van der Waals surface area contributed by atoms with Crippen molar-refractivity contribution in [3.05, 3.63) is 0 Å². The number of Topliss-reactive ketones (excluding diaryl/α,β-unsaturated/α-hetero) is 1. The van der Waals surface area contributed by atoms with E-state index in [2.05, 4.69) is 0 Å². The van der Waals surface area contributed by atoms with Gasteiger partial charge in [0, 0.05) is 6.42 Å². The number of carbonyl (C=O) groups is 1. The molecular weight excluding hydrogens is 136 g/mol. The Morgan fingerprint density at radius 2 is 2.18 bits per heavy atom. The van der Waals surface area contributed by atoms with Gasteiger partial charge in [-0.15, -0.1) is 0 Å². The van der Waals surface area contributed by atoms with Crippen LogP contribution in [0.5, 0.6) is 0 Å². The number of fused-ring (bicyclic) bond motifs is 2. The minimum atomic E-state index is 0.391. The van der Waals surface area contributed by atoms with Crippen molar-refractivity contribution in [1.29, 1.82) is 0 Å². The highest BCUT2D eigenvalue weighted by Crippen LogP contribution is 2.49. The summed E-state index contributed by atoms with van der Waals surface area (Å²) in [6.07, 6.45) is 6.49. The van der Waals surface area contributed by atoms with Crippen molar-refractivity contribution in [2.24, 2.45) is 17.8 Å². The Labute approximate surface area is 68.2 Å². The Hall–Kier alpha value is -0.330. The molecule has 0 unspecified atom stereocenters. The maximum atomic E-state index is 10.9. The third kappa shape index (κ3) is 1.33. The van der Waals surface area contributed by atoms with Crippen molar-refractivity contribution in [2.45, 2.75) is 39.0 Å². The van der Waals surface area contributed by atoms with Crippen LogP contribution in [0.1, 0.15) is 39.0 Å². The largest absolute Gasteiger partial charge is 0.300 e. The highest BCUT2D eigenvalue weighted by molar-refractivity contribution is 5.75. The minimum absolute atomic E-state index is 0.391. The molecule has 2 aliphatic rings. The molecule has 2 bridgehead atoms. The molecule has 2 rings (SSSR count). The van der Waals surface area contributed by atoms with Crippen LogP contribution >= 0.6 is 0 Å². The number of ketones is 1. The van der Waals surface area contributed by atoms with Crippen LogP contribution in [-0.2, 0) is 4.79 Å². The molecule has 62 valence electrons. The summed E-state index contributed by atoms with van der Waals surface area (Å²) in [4.78, 5) is 10.9. The van der Waals surface area contributed by atoms with Gasteiger partial charge >= 0.3 is 0 Å². The summed E-state index contributed by atoms with van der Waals surface area (Å²) in [5, 5.41) is 0. The molecule has 3 atom stereocenters. The SMILES string of the molecule is CC(=O)C[C@H]1C[C@H]2CC[C@@H]1C2. The zero-order chi connectivity index (χ0) is 7.84. The van der Waals surface area contributed by atoms with Crippen molar-refractivity contribution in [2.75, 3.05) is 0 Å². The molecule has 0 amide bonds.